The molecule has 4 nitrogen and oxygen atoms in total. The van der Waals surface area contributed by atoms with Crippen LogP contribution in [0, 0.1) is 11.8 Å². The third kappa shape index (κ3) is 3.25. The van der Waals surface area contributed by atoms with Gasteiger partial charge in [-0.05, 0) is 30.4 Å². The molecule has 4 rings (SSSR count). The summed E-state index contributed by atoms with van der Waals surface area (Å²) in [6.07, 6.45) is 3.23. The second kappa shape index (κ2) is 7.55. The number of carboxylic acid groups (broad SMARTS) is 1. The molecule has 0 unspecified atom stereocenters. The molecule has 1 heterocycles. The molecule has 1 aliphatic carbocycles. The summed E-state index contributed by atoms with van der Waals surface area (Å²) < 4.78 is 0. The standard InChI is InChI=1S/C23H25NO3/c25-22(24-14-8-3-9-15-24)20-18(16-10-4-1-5-11-16)21(23(26)27)19(20)17-12-6-2-7-13-17/h1-2,4-7,10-13,18-21H,3,8-9,14-15H2,(H,26,27)/t18-,19-,20?,21?/m0/s1. The van der Waals surface area contributed by atoms with Gasteiger partial charge < -0.3 is 10.0 Å². The summed E-state index contributed by atoms with van der Waals surface area (Å²) in [5.41, 5.74) is 1.90. The van der Waals surface area contributed by atoms with Gasteiger partial charge in [-0.15, -0.1) is 0 Å². The molecular formula is C23H25NO3. The third-order valence-corrected chi connectivity index (χ3v) is 6.15. The molecule has 1 saturated heterocycles. The van der Waals surface area contributed by atoms with Crippen LogP contribution >= 0.6 is 0 Å². The van der Waals surface area contributed by atoms with Gasteiger partial charge in [0.25, 0.3) is 0 Å². The Labute approximate surface area is 159 Å². The lowest BCUT2D eigenvalue weighted by molar-refractivity contribution is -0.157. The zero-order valence-corrected chi connectivity index (χ0v) is 15.3. The molecule has 2 aromatic carbocycles. The molecule has 2 aliphatic rings. The Kier molecular flexibility index (Phi) is 4.97. The van der Waals surface area contributed by atoms with Crippen molar-refractivity contribution >= 4 is 11.9 Å². The van der Waals surface area contributed by atoms with E-state index in [-0.39, 0.29) is 23.7 Å². The number of carboxylic acids is 1. The molecule has 27 heavy (non-hydrogen) atoms. The summed E-state index contributed by atoms with van der Waals surface area (Å²) in [7, 11) is 0. The van der Waals surface area contributed by atoms with Crippen LogP contribution in [0.25, 0.3) is 0 Å². The van der Waals surface area contributed by atoms with Crippen molar-refractivity contribution in [2.24, 2.45) is 11.8 Å². The second-order valence-corrected chi connectivity index (χ2v) is 7.65. The SMILES string of the molecule is O=C(O)C1[C@@H](c2ccccc2)C(C(=O)N2CCCCC2)[C@@H]1c1ccccc1. The van der Waals surface area contributed by atoms with Crippen molar-refractivity contribution in [1.29, 1.82) is 0 Å². The van der Waals surface area contributed by atoms with Gasteiger partial charge in [-0.1, -0.05) is 60.7 Å². The van der Waals surface area contributed by atoms with Gasteiger partial charge in [-0.3, -0.25) is 9.59 Å². The fraction of sp³-hybridized carbons (Fsp3) is 0.391. The number of hydrogen-bond acceptors (Lipinski definition) is 2. The van der Waals surface area contributed by atoms with E-state index in [1.165, 1.54) is 0 Å². The summed E-state index contributed by atoms with van der Waals surface area (Å²) in [6.45, 7) is 1.58. The van der Waals surface area contributed by atoms with E-state index < -0.39 is 11.9 Å². The van der Waals surface area contributed by atoms with Crippen molar-refractivity contribution < 1.29 is 14.7 Å². The van der Waals surface area contributed by atoms with Crippen molar-refractivity contribution in [2.75, 3.05) is 13.1 Å². The van der Waals surface area contributed by atoms with Gasteiger partial charge in [0.05, 0.1) is 11.8 Å². The van der Waals surface area contributed by atoms with Crippen LogP contribution in [0.2, 0.25) is 0 Å². The van der Waals surface area contributed by atoms with Crippen molar-refractivity contribution in [2.45, 2.75) is 31.1 Å². The number of amides is 1. The largest absolute Gasteiger partial charge is 0.481 e. The van der Waals surface area contributed by atoms with Crippen molar-refractivity contribution in [3.05, 3.63) is 71.8 Å². The van der Waals surface area contributed by atoms with Crippen molar-refractivity contribution in [1.82, 2.24) is 4.90 Å². The summed E-state index contributed by atoms with van der Waals surface area (Å²) in [4.78, 5) is 27.6. The Morgan fingerprint density at radius 3 is 1.67 bits per heavy atom. The minimum Gasteiger partial charge on any atom is -0.481 e. The van der Waals surface area contributed by atoms with Crippen LogP contribution in [0.1, 0.15) is 42.2 Å². The molecule has 2 fully saturated rings. The van der Waals surface area contributed by atoms with Crippen LogP contribution in [0.15, 0.2) is 60.7 Å². The Bertz CT molecular complexity index is 751. The van der Waals surface area contributed by atoms with E-state index in [0.717, 1.165) is 43.5 Å². The zero-order valence-electron chi connectivity index (χ0n) is 15.3. The number of carbonyl (C=O) groups excluding carboxylic acids is 1. The van der Waals surface area contributed by atoms with Crippen LogP contribution in [0.3, 0.4) is 0 Å². The third-order valence-electron chi connectivity index (χ3n) is 6.15. The summed E-state index contributed by atoms with van der Waals surface area (Å²) >= 11 is 0. The molecule has 0 radical (unpaired) electrons. The van der Waals surface area contributed by atoms with Crippen molar-refractivity contribution in [3.8, 4) is 0 Å². The molecule has 4 heteroatoms. The van der Waals surface area contributed by atoms with E-state index in [9.17, 15) is 14.7 Å². The highest BCUT2D eigenvalue weighted by atomic mass is 16.4. The first kappa shape index (κ1) is 17.8. The van der Waals surface area contributed by atoms with E-state index in [1.54, 1.807) is 0 Å². The average Bonchev–Trinajstić information content (AvgIpc) is 2.69. The van der Waals surface area contributed by atoms with Crippen LogP contribution in [-0.4, -0.2) is 35.0 Å². The van der Waals surface area contributed by atoms with E-state index >= 15 is 0 Å². The molecule has 1 N–H and O–H groups in total. The van der Waals surface area contributed by atoms with E-state index in [1.807, 2.05) is 65.6 Å². The smallest absolute Gasteiger partial charge is 0.307 e. The van der Waals surface area contributed by atoms with Crippen LogP contribution in [-0.2, 0) is 9.59 Å². The second-order valence-electron chi connectivity index (χ2n) is 7.65. The number of rotatable bonds is 4. The Hall–Kier alpha value is -2.62. The first-order chi connectivity index (χ1) is 13.2. The molecule has 1 amide bonds. The predicted molar refractivity (Wildman–Crippen MR) is 103 cm³/mol. The molecule has 0 bridgehead atoms. The monoisotopic (exact) mass is 363 g/mol. The number of aliphatic carboxylic acids is 1. The summed E-state index contributed by atoms with van der Waals surface area (Å²) in [5, 5.41) is 9.98. The normalized spacial score (nSPS) is 27.6. The number of carbonyl (C=O) groups is 2. The highest BCUT2D eigenvalue weighted by Crippen LogP contribution is 2.58. The van der Waals surface area contributed by atoms with Crippen molar-refractivity contribution in [3.63, 3.8) is 0 Å². The maximum absolute atomic E-state index is 13.4. The highest BCUT2D eigenvalue weighted by Gasteiger charge is 2.58. The summed E-state index contributed by atoms with van der Waals surface area (Å²) in [5.74, 6) is -2.13. The van der Waals surface area contributed by atoms with Gasteiger partial charge >= 0.3 is 5.97 Å². The van der Waals surface area contributed by atoms with Gasteiger partial charge in [0.1, 0.15) is 0 Å². The Morgan fingerprint density at radius 1 is 0.741 bits per heavy atom. The van der Waals surface area contributed by atoms with E-state index in [2.05, 4.69) is 0 Å². The lowest BCUT2D eigenvalue weighted by Crippen LogP contribution is -2.55. The first-order valence-electron chi connectivity index (χ1n) is 9.80. The summed E-state index contributed by atoms with van der Waals surface area (Å²) in [6, 6.07) is 19.4. The molecule has 1 saturated carbocycles. The lowest BCUT2D eigenvalue weighted by atomic mass is 9.52. The first-order valence-corrected chi connectivity index (χ1v) is 9.80. The number of likely N-dealkylation sites (tertiary alicyclic amines) is 1. The molecule has 0 spiro atoms. The average molecular weight is 363 g/mol. The molecule has 0 aromatic heterocycles. The van der Waals surface area contributed by atoms with Gasteiger partial charge in [-0.2, -0.15) is 0 Å². The lowest BCUT2D eigenvalue weighted by Gasteiger charge is -2.51. The number of hydrogen-bond donors (Lipinski definition) is 1. The molecule has 2 atom stereocenters. The highest BCUT2D eigenvalue weighted by molar-refractivity contribution is 5.87. The topological polar surface area (TPSA) is 57.6 Å². The fourth-order valence-corrected chi connectivity index (χ4v) is 4.87. The Balaban J connectivity index is 1.73. The zero-order chi connectivity index (χ0) is 18.8. The maximum atomic E-state index is 13.4. The number of nitrogens with zero attached hydrogens (tertiary/aromatic N) is 1. The predicted octanol–water partition coefficient (Wildman–Crippen LogP) is 3.90. The number of benzene rings is 2. The maximum Gasteiger partial charge on any atom is 0.307 e. The minimum absolute atomic E-state index is 0.120. The minimum atomic E-state index is -0.819. The molecule has 1 aliphatic heterocycles. The van der Waals surface area contributed by atoms with E-state index in [4.69, 9.17) is 0 Å². The van der Waals surface area contributed by atoms with E-state index in [0.29, 0.717) is 0 Å². The molecule has 2 aromatic rings. The van der Waals surface area contributed by atoms with Gasteiger partial charge in [0.2, 0.25) is 5.91 Å². The Morgan fingerprint density at radius 2 is 1.22 bits per heavy atom. The van der Waals surface area contributed by atoms with Gasteiger partial charge in [0.15, 0.2) is 0 Å². The van der Waals surface area contributed by atoms with Crippen LogP contribution < -0.4 is 0 Å². The number of piperidine rings is 1. The van der Waals surface area contributed by atoms with Crippen LogP contribution in [0.4, 0.5) is 0 Å². The van der Waals surface area contributed by atoms with Gasteiger partial charge in [-0.25, -0.2) is 0 Å². The molecule has 140 valence electrons. The van der Waals surface area contributed by atoms with Crippen LogP contribution in [0.5, 0.6) is 0 Å². The molecular weight excluding hydrogens is 338 g/mol. The van der Waals surface area contributed by atoms with Gasteiger partial charge in [0, 0.05) is 24.9 Å². The fourth-order valence-electron chi connectivity index (χ4n) is 4.87. The quantitative estimate of drug-likeness (QED) is 0.896.